The SMILES string of the molecule is CC1NCCC1NC(=O)OC(C)(C)C. The fourth-order valence-corrected chi connectivity index (χ4v) is 1.51. The van der Waals surface area contributed by atoms with E-state index < -0.39 is 5.60 Å². The summed E-state index contributed by atoms with van der Waals surface area (Å²) in [6, 6.07) is 0.535. The van der Waals surface area contributed by atoms with Crippen molar-refractivity contribution in [2.24, 2.45) is 0 Å². The zero-order valence-corrected chi connectivity index (χ0v) is 9.39. The molecule has 1 heterocycles. The highest BCUT2D eigenvalue weighted by atomic mass is 16.6. The molecule has 1 saturated heterocycles. The van der Waals surface area contributed by atoms with Crippen LogP contribution in [-0.2, 0) is 4.74 Å². The lowest BCUT2D eigenvalue weighted by atomic mass is 10.1. The third-order valence-corrected chi connectivity index (χ3v) is 2.23. The first-order chi connectivity index (χ1) is 6.38. The minimum atomic E-state index is -0.417. The Kier molecular flexibility index (Phi) is 3.37. The largest absolute Gasteiger partial charge is 0.444 e. The van der Waals surface area contributed by atoms with Crippen LogP contribution in [0, 0.1) is 0 Å². The van der Waals surface area contributed by atoms with Crippen molar-refractivity contribution in [3.8, 4) is 0 Å². The Morgan fingerprint density at radius 1 is 1.50 bits per heavy atom. The van der Waals surface area contributed by atoms with Crippen LogP contribution in [0.5, 0.6) is 0 Å². The molecule has 0 spiro atoms. The highest BCUT2D eigenvalue weighted by Crippen LogP contribution is 2.10. The molecule has 0 saturated carbocycles. The van der Waals surface area contributed by atoms with Crippen LogP contribution in [0.25, 0.3) is 0 Å². The van der Waals surface area contributed by atoms with Gasteiger partial charge in [-0.1, -0.05) is 0 Å². The number of nitrogens with one attached hydrogen (secondary N) is 2. The molecule has 82 valence electrons. The van der Waals surface area contributed by atoms with Gasteiger partial charge in [-0.3, -0.25) is 0 Å². The van der Waals surface area contributed by atoms with Gasteiger partial charge in [0.1, 0.15) is 5.60 Å². The zero-order valence-electron chi connectivity index (χ0n) is 9.39. The van der Waals surface area contributed by atoms with Crippen molar-refractivity contribution < 1.29 is 9.53 Å². The zero-order chi connectivity index (χ0) is 10.8. The lowest BCUT2D eigenvalue weighted by molar-refractivity contribution is 0.0501. The number of amides is 1. The molecule has 0 aromatic heterocycles. The van der Waals surface area contributed by atoms with E-state index in [1.807, 2.05) is 20.8 Å². The standard InChI is InChI=1S/C10H20N2O2/c1-7-8(5-6-11-7)12-9(13)14-10(2,3)4/h7-8,11H,5-6H2,1-4H3,(H,12,13). The van der Waals surface area contributed by atoms with Crippen LogP contribution in [-0.4, -0.2) is 30.3 Å². The minimum absolute atomic E-state index is 0.199. The van der Waals surface area contributed by atoms with Gasteiger partial charge in [-0.15, -0.1) is 0 Å². The van der Waals surface area contributed by atoms with E-state index in [2.05, 4.69) is 17.6 Å². The fraction of sp³-hybridized carbons (Fsp3) is 0.900. The molecule has 1 fully saturated rings. The van der Waals surface area contributed by atoms with Crippen molar-refractivity contribution in [2.45, 2.75) is 51.8 Å². The summed E-state index contributed by atoms with van der Waals surface area (Å²) < 4.78 is 5.17. The second kappa shape index (κ2) is 4.17. The molecule has 1 amide bonds. The van der Waals surface area contributed by atoms with Crippen molar-refractivity contribution in [3.63, 3.8) is 0 Å². The summed E-state index contributed by atoms with van der Waals surface area (Å²) in [6.07, 6.45) is 0.651. The van der Waals surface area contributed by atoms with Crippen molar-refractivity contribution in [2.75, 3.05) is 6.54 Å². The first-order valence-corrected chi connectivity index (χ1v) is 5.11. The van der Waals surface area contributed by atoms with Gasteiger partial charge < -0.3 is 15.4 Å². The van der Waals surface area contributed by atoms with Crippen molar-refractivity contribution >= 4 is 6.09 Å². The van der Waals surface area contributed by atoms with Crippen LogP contribution in [0.1, 0.15) is 34.1 Å². The number of hydrogen-bond donors (Lipinski definition) is 2. The minimum Gasteiger partial charge on any atom is -0.444 e. The maximum Gasteiger partial charge on any atom is 0.407 e. The van der Waals surface area contributed by atoms with Crippen molar-refractivity contribution in [1.82, 2.24) is 10.6 Å². The van der Waals surface area contributed by atoms with Gasteiger partial charge in [-0.05, 0) is 40.7 Å². The quantitative estimate of drug-likeness (QED) is 0.670. The number of carbonyl (C=O) groups excluding carboxylic acids is 1. The van der Waals surface area contributed by atoms with Gasteiger partial charge in [0.05, 0.1) is 0 Å². The van der Waals surface area contributed by atoms with E-state index in [9.17, 15) is 4.79 Å². The Bertz CT molecular complexity index is 211. The van der Waals surface area contributed by atoms with Crippen LogP contribution >= 0.6 is 0 Å². The predicted octanol–water partition coefficient (Wildman–Crippen LogP) is 1.26. The molecule has 4 nitrogen and oxygen atoms in total. The van der Waals surface area contributed by atoms with E-state index in [1.165, 1.54) is 0 Å². The Balaban J connectivity index is 2.33. The van der Waals surface area contributed by atoms with Gasteiger partial charge >= 0.3 is 6.09 Å². The average Bonchev–Trinajstić information content (AvgIpc) is 2.32. The van der Waals surface area contributed by atoms with Gasteiger partial charge in [0.15, 0.2) is 0 Å². The summed E-state index contributed by atoms with van der Waals surface area (Å²) in [5, 5.41) is 6.13. The molecule has 1 rings (SSSR count). The van der Waals surface area contributed by atoms with E-state index >= 15 is 0 Å². The van der Waals surface area contributed by atoms with Gasteiger partial charge in [0, 0.05) is 12.1 Å². The lowest BCUT2D eigenvalue weighted by Crippen LogP contribution is -2.44. The Morgan fingerprint density at radius 2 is 2.14 bits per heavy atom. The monoisotopic (exact) mass is 200 g/mol. The molecule has 2 unspecified atom stereocenters. The smallest absolute Gasteiger partial charge is 0.407 e. The molecule has 14 heavy (non-hydrogen) atoms. The fourth-order valence-electron chi connectivity index (χ4n) is 1.51. The topological polar surface area (TPSA) is 50.4 Å². The Labute approximate surface area is 85.4 Å². The number of carbonyl (C=O) groups is 1. The molecule has 2 atom stereocenters. The molecule has 1 aliphatic rings. The van der Waals surface area contributed by atoms with E-state index in [0.29, 0.717) is 6.04 Å². The van der Waals surface area contributed by atoms with E-state index in [0.717, 1.165) is 13.0 Å². The summed E-state index contributed by atoms with van der Waals surface area (Å²) in [5.41, 5.74) is -0.417. The first kappa shape index (κ1) is 11.3. The summed E-state index contributed by atoms with van der Waals surface area (Å²) in [5.74, 6) is 0. The van der Waals surface area contributed by atoms with Gasteiger partial charge in [0.25, 0.3) is 0 Å². The molecule has 0 aromatic carbocycles. The van der Waals surface area contributed by atoms with E-state index in [-0.39, 0.29) is 12.1 Å². The van der Waals surface area contributed by atoms with Gasteiger partial charge in [-0.2, -0.15) is 0 Å². The second-order valence-corrected chi connectivity index (χ2v) is 4.78. The molecule has 0 aromatic rings. The lowest BCUT2D eigenvalue weighted by Gasteiger charge is -2.23. The summed E-state index contributed by atoms with van der Waals surface area (Å²) >= 11 is 0. The highest BCUT2D eigenvalue weighted by molar-refractivity contribution is 5.68. The third-order valence-electron chi connectivity index (χ3n) is 2.23. The first-order valence-electron chi connectivity index (χ1n) is 5.11. The van der Waals surface area contributed by atoms with Crippen molar-refractivity contribution in [1.29, 1.82) is 0 Å². The normalized spacial score (nSPS) is 27.4. The van der Waals surface area contributed by atoms with E-state index in [4.69, 9.17) is 4.74 Å². The summed E-state index contributed by atoms with van der Waals surface area (Å²) in [4.78, 5) is 11.4. The molecule has 0 aliphatic carbocycles. The average molecular weight is 200 g/mol. The molecule has 2 N–H and O–H groups in total. The van der Waals surface area contributed by atoms with Gasteiger partial charge in [0.2, 0.25) is 0 Å². The van der Waals surface area contributed by atoms with Crippen LogP contribution in [0.2, 0.25) is 0 Å². The number of ether oxygens (including phenoxy) is 1. The molecular formula is C10H20N2O2. The molecule has 0 bridgehead atoms. The van der Waals surface area contributed by atoms with Crippen LogP contribution in [0.15, 0.2) is 0 Å². The van der Waals surface area contributed by atoms with E-state index in [1.54, 1.807) is 0 Å². The number of rotatable bonds is 1. The number of hydrogen-bond acceptors (Lipinski definition) is 3. The Morgan fingerprint density at radius 3 is 2.57 bits per heavy atom. The number of alkyl carbamates (subject to hydrolysis) is 1. The highest BCUT2D eigenvalue weighted by Gasteiger charge is 2.26. The molecule has 0 radical (unpaired) electrons. The van der Waals surface area contributed by atoms with Crippen LogP contribution < -0.4 is 10.6 Å². The molecular weight excluding hydrogens is 180 g/mol. The second-order valence-electron chi connectivity index (χ2n) is 4.78. The molecule has 1 aliphatic heterocycles. The Hall–Kier alpha value is -0.770. The summed E-state index contributed by atoms with van der Waals surface area (Å²) in [7, 11) is 0. The molecule has 4 heteroatoms. The predicted molar refractivity (Wildman–Crippen MR) is 55.2 cm³/mol. The van der Waals surface area contributed by atoms with Crippen LogP contribution in [0.4, 0.5) is 4.79 Å². The maximum atomic E-state index is 11.4. The maximum absolute atomic E-state index is 11.4. The summed E-state index contributed by atoms with van der Waals surface area (Å²) in [6.45, 7) is 8.62. The van der Waals surface area contributed by atoms with Crippen LogP contribution in [0.3, 0.4) is 0 Å². The van der Waals surface area contributed by atoms with Crippen molar-refractivity contribution in [3.05, 3.63) is 0 Å². The third kappa shape index (κ3) is 3.54. The van der Waals surface area contributed by atoms with Gasteiger partial charge in [-0.25, -0.2) is 4.79 Å².